The van der Waals surface area contributed by atoms with Crippen LogP contribution in [0, 0.1) is 6.92 Å². The summed E-state index contributed by atoms with van der Waals surface area (Å²) in [5.41, 5.74) is 4.35. The van der Waals surface area contributed by atoms with Crippen LogP contribution in [0.4, 0.5) is 11.4 Å². The van der Waals surface area contributed by atoms with Gasteiger partial charge in [0.25, 0.3) is 5.91 Å². The molecule has 1 N–H and O–H groups in total. The van der Waals surface area contributed by atoms with Gasteiger partial charge in [-0.25, -0.2) is 0 Å². The number of anilines is 2. The molecule has 1 unspecified atom stereocenters. The number of aryl methyl sites for hydroxylation is 1. The number of hydrogen-bond acceptors (Lipinski definition) is 4. The molecule has 0 saturated heterocycles. The lowest BCUT2D eigenvalue weighted by Crippen LogP contribution is -2.43. The molecule has 3 aromatic rings. The molecular formula is C22H18N2O3. The molecule has 1 atom stereocenters. The van der Waals surface area contributed by atoms with Crippen LogP contribution in [-0.2, 0) is 0 Å². The summed E-state index contributed by atoms with van der Waals surface area (Å²) in [4.78, 5) is 15.2. The van der Waals surface area contributed by atoms with Gasteiger partial charge < -0.3 is 14.8 Å². The van der Waals surface area contributed by atoms with Crippen molar-refractivity contribution >= 4 is 17.3 Å². The van der Waals surface area contributed by atoms with Gasteiger partial charge in [0.05, 0.1) is 5.56 Å². The first kappa shape index (κ1) is 15.8. The number of ether oxygens (including phenoxy) is 2. The Labute approximate surface area is 157 Å². The van der Waals surface area contributed by atoms with Gasteiger partial charge >= 0.3 is 0 Å². The van der Waals surface area contributed by atoms with E-state index in [9.17, 15) is 4.79 Å². The lowest BCUT2D eigenvalue weighted by molar-refractivity contribution is 0.0974. The fraction of sp³-hybridized carbons (Fsp3) is 0.136. The summed E-state index contributed by atoms with van der Waals surface area (Å²) in [7, 11) is 0. The molecule has 0 saturated carbocycles. The van der Waals surface area contributed by atoms with E-state index in [4.69, 9.17) is 9.47 Å². The molecule has 2 aliphatic heterocycles. The van der Waals surface area contributed by atoms with Gasteiger partial charge in [-0.05, 0) is 48.4 Å². The van der Waals surface area contributed by atoms with Crippen molar-refractivity contribution in [2.45, 2.75) is 13.1 Å². The third-order valence-electron chi connectivity index (χ3n) is 5.01. The van der Waals surface area contributed by atoms with Crippen molar-refractivity contribution < 1.29 is 14.3 Å². The summed E-state index contributed by atoms with van der Waals surface area (Å²) in [6, 6.07) is 21.3. The fourth-order valence-corrected chi connectivity index (χ4v) is 3.65. The SMILES string of the molecule is Cc1ccccc1N1C(=O)c2ccccc2NC1c1ccc2c(c1)OCO2. The lowest BCUT2D eigenvalue weighted by Gasteiger charge is -2.38. The largest absolute Gasteiger partial charge is 0.454 e. The summed E-state index contributed by atoms with van der Waals surface area (Å²) in [5, 5.41) is 3.52. The zero-order valence-corrected chi connectivity index (χ0v) is 14.8. The molecule has 27 heavy (non-hydrogen) atoms. The standard InChI is InChI=1S/C22H18N2O3/c1-14-6-2-5-9-18(14)24-21(15-10-11-19-20(12-15)27-13-26-19)23-17-8-4-3-7-16(17)22(24)25/h2-12,21,23H,13H2,1H3. The molecule has 3 aromatic carbocycles. The van der Waals surface area contributed by atoms with Gasteiger partial charge in [-0.1, -0.05) is 36.4 Å². The van der Waals surface area contributed by atoms with Crippen LogP contribution in [0.1, 0.15) is 27.7 Å². The third kappa shape index (κ3) is 2.51. The van der Waals surface area contributed by atoms with Crippen LogP contribution < -0.4 is 19.7 Å². The molecule has 0 aromatic heterocycles. The number of carbonyl (C=O) groups is 1. The van der Waals surface area contributed by atoms with Crippen LogP contribution in [-0.4, -0.2) is 12.7 Å². The first-order valence-electron chi connectivity index (χ1n) is 8.87. The highest BCUT2D eigenvalue weighted by Gasteiger charge is 2.35. The second-order valence-corrected chi connectivity index (χ2v) is 6.67. The lowest BCUT2D eigenvalue weighted by atomic mass is 10.0. The molecule has 2 heterocycles. The first-order valence-corrected chi connectivity index (χ1v) is 8.87. The first-order chi connectivity index (χ1) is 13.2. The second-order valence-electron chi connectivity index (χ2n) is 6.67. The number of para-hydroxylation sites is 2. The van der Waals surface area contributed by atoms with Crippen LogP contribution >= 0.6 is 0 Å². The zero-order valence-electron chi connectivity index (χ0n) is 14.8. The number of nitrogens with one attached hydrogen (secondary N) is 1. The molecule has 5 nitrogen and oxygen atoms in total. The van der Waals surface area contributed by atoms with Crippen LogP contribution in [0.3, 0.4) is 0 Å². The van der Waals surface area contributed by atoms with Crippen molar-refractivity contribution in [2.75, 3.05) is 17.0 Å². The average Bonchev–Trinajstić information content (AvgIpc) is 3.17. The molecule has 0 fully saturated rings. The predicted octanol–water partition coefficient (Wildman–Crippen LogP) is 4.49. The highest BCUT2D eigenvalue weighted by molar-refractivity contribution is 6.12. The highest BCUT2D eigenvalue weighted by atomic mass is 16.7. The molecule has 0 radical (unpaired) electrons. The fourth-order valence-electron chi connectivity index (χ4n) is 3.65. The van der Waals surface area contributed by atoms with Crippen LogP contribution in [0.15, 0.2) is 66.7 Å². The number of rotatable bonds is 2. The Hall–Kier alpha value is -3.47. The molecule has 1 amide bonds. The van der Waals surface area contributed by atoms with Crippen molar-refractivity contribution in [2.24, 2.45) is 0 Å². The summed E-state index contributed by atoms with van der Waals surface area (Å²) < 4.78 is 11.0. The Morgan fingerprint density at radius 1 is 0.963 bits per heavy atom. The van der Waals surface area contributed by atoms with Gasteiger partial charge in [0.1, 0.15) is 6.17 Å². The Balaban J connectivity index is 1.67. The minimum atomic E-state index is -0.344. The smallest absolute Gasteiger partial charge is 0.262 e. The maximum atomic E-state index is 13.4. The summed E-state index contributed by atoms with van der Waals surface area (Å²) >= 11 is 0. The van der Waals surface area contributed by atoms with Crippen molar-refractivity contribution in [3.63, 3.8) is 0 Å². The number of benzene rings is 3. The average molecular weight is 358 g/mol. The summed E-state index contributed by atoms with van der Waals surface area (Å²) in [6.07, 6.45) is -0.344. The van der Waals surface area contributed by atoms with Crippen LogP contribution in [0.5, 0.6) is 11.5 Å². The maximum absolute atomic E-state index is 13.4. The summed E-state index contributed by atoms with van der Waals surface area (Å²) in [5.74, 6) is 1.40. The van der Waals surface area contributed by atoms with E-state index in [1.165, 1.54) is 0 Å². The van der Waals surface area contributed by atoms with Gasteiger partial charge in [-0.15, -0.1) is 0 Å². The van der Waals surface area contributed by atoms with E-state index in [1.807, 2.05) is 78.6 Å². The molecular weight excluding hydrogens is 340 g/mol. The van der Waals surface area contributed by atoms with Crippen molar-refractivity contribution in [1.82, 2.24) is 0 Å². The molecule has 5 rings (SSSR count). The highest BCUT2D eigenvalue weighted by Crippen LogP contribution is 2.41. The minimum absolute atomic E-state index is 0.0266. The van der Waals surface area contributed by atoms with Gasteiger partial charge in [0, 0.05) is 11.4 Å². The van der Waals surface area contributed by atoms with Gasteiger partial charge in [-0.3, -0.25) is 9.69 Å². The third-order valence-corrected chi connectivity index (χ3v) is 5.01. The van der Waals surface area contributed by atoms with E-state index in [1.54, 1.807) is 0 Å². The zero-order chi connectivity index (χ0) is 18.4. The monoisotopic (exact) mass is 358 g/mol. The van der Waals surface area contributed by atoms with E-state index in [-0.39, 0.29) is 18.9 Å². The number of nitrogens with zero attached hydrogens (tertiary/aromatic N) is 1. The van der Waals surface area contributed by atoms with E-state index >= 15 is 0 Å². The van der Waals surface area contributed by atoms with Gasteiger partial charge in [0.2, 0.25) is 6.79 Å². The Kier molecular flexibility index (Phi) is 3.53. The molecule has 0 spiro atoms. The number of amides is 1. The predicted molar refractivity (Wildman–Crippen MR) is 103 cm³/mol. The Bertz CT molecular complexity index is 1050. The number of carbonyl (C=O) groups excluding carboxylic acids is 1. The molecule has 0 bridgehead atoms. The van der Waals surface area contributed by atoms with Gasteiger partial charge in [-0.2, -0.15) is 0 Å². The second kappa shape index (κ2) is 6.06. The Morgan fingerprint density at radius 3 is 2.63 bits per heavy atom. The van der Waals surface area contributed by atoms with E-state index in [2.05, 4.69) is 5.32 Å². The van der Waals surface area contributed by atoms with Crippen molar-refractivity contribution in [3.8, 4) is 11.5 Å². The minimum Gasteiger partial charge on any atom is -0.454 e. The van der Waals surface area contributed by atoms with Crippen LogP contribution in [0.2, 0.25) is 0 Å². The van der Waals surface area contributed by atoms with Gasteiger partial charge in [0.15, 0.2) is 11.5 Å². The normalized spacial score (nSPS) is 17.4. The van der Waals surface area contributed by atoms with E-state index < -0.39 is 0 Å². The molecule has 134 valence electrons. The molecule has 5 heteroatoms. The van der Waals surface area contributed by atoms with Crippen molar-refractivity contribution in [1.29, 1.82) is 0 Å². The molecule has 2 aliphatic rings. The van der Waals surface area contributed by atoms with Crippen molar-refractivity contribution in [3.05, 3.63) is 83.4 Å². The maximum Gasteiger partial charge on any atom is 0.262 e. The Morgan fingerprint density at radius 2 is 1.74 bits per heavy atom. The van der Waals surface area contributed by atoms with E-state index in [0.717, 1.165) is 28.3 Å². The quantitative estimate of drug-likeness (QED) is 0.733. The number of fused-ring (bicyclic) bond motifs is 2. The topological polar surface area (TPSA) is 50.8 Å². The number of hydrogen-bond donors (Lipinski definition) is 1. The molecule has 0 aliphatic carbocycles. The van der Waals surface area contributed by atoms with Crippen LogP contribution in [0.25, 0.3) is 0 Å². The van der Waals surface area contributed by atoms with E-state index in [0.29, 0.717) is 11.3 Å². The summed E-state index contributed by atoms with van der Waals surface area (Å²) in [6.45, 7) is 2.24.